The van der Waals surface area contributed by atoms with Gasteiger partial charge in [-0.3, -0.25) is 24.2 Å². The Labute approximate surface area is 307 Å². The fourth-order valence-electron chi connectivity index (χ4n) is 7.21. The normalized spacial score (nSPS) is 17.9. The Balaban J connectivity index is 1.40. The third-order valence-corrected chi connectivity index (χ3v) is 9.88. The first-order valence-corrected chi connectivity index (χ1v) is 18.9. The molecule has 4 amide bonds. The number of amides is 4. The molecule has 0 unspecified atom stereocenters. The second kappa shape index (κ2) is 15.8. The maximum absolute atomic E-state index is 14.6. The molecule has 14 nitrogen and oxygen atoms in total. The molecule has 0 spiro atoms. The van der Waals surface area contributed by atoms with E-state index in [1.807, 2.05) is 66.2 Å². The highest BCUT2D eigenvalue weighted by molar-refractivity contribution is 7.46. The second-order valence-electron chi connectivity index (χ2n) is 13.2. The molecule has 3 N–H and O–H groups in total. The average molecular weight is 743 g/mol. The monoisotopic (exact) mass is 742 g/mol. The minimum Gasteiger partial charge on any atom is -0.404 e. The smallest absolute Gasteiger partial charge is 0.404 e. The highest BCUT2D eigenvalue weighted by Gasteiger charge is 2.51. The van der Waals surface area contributed by atoms with Gasteiger partial charge >= 0.3 is 13.9 Å². The summed E-state index contributed by atoms with van der Waals surface area (Å²) in [7, 11) is -4.79. The average Bonchev–Trinajstić information content (AvgIpc) is 3.49. The molecule has 0 aliphatic carbocycles. The number of hydrazine groups is 1. The van der Waals surface area contributed by atoms with Crippen LogP contribution in [0.3, 0.4) is 0 Å². The number of carbonyl (C=O) groups is 4. The molecule has 0 bridgehead atoms. The van der Waals surface area contributed by atoms with Gasteiger partial charge in [-0.15, -0.1) is 6.58 Å². The number of benzene rings is 3. The standard InChI is InChI=1S/C38H43N6O8P/c1-4-18-40-23-32(26(3)45)31-13-9-12-29(36(31)40)22-41-24-34-43(33(37(41)47)20-27-14-16-30(17-15-27)52-53(49,50)51)35(46)25-42(19-5-2)44(34)38(48)39-21-28-10-7-6-8-11-28/h5-17,23,33-34H,2,4,18-22,24-25H2,1,3H3,(H,39,48)(H2,49,50,51)/t33-,34-/m0/s1. The number of aromatic nitrogens is 1. The van der Waals surface area contributed by atoms with Crippen LogP contribution in [0, 0.1) is 0 Å². The molecule has 4 aromatic rings. The van der Waals surface area contributed by atoms with E-state index in [9.17, 15) is 33.5 Å². The van der Waals surface area contributed by atoms with Crippen LogP contribution in [-0.4, -0.2) is 89.6 Å². The number of aryl methyl sites for hydroxylation is 1. The molecule has 6 rings (SSSR count). The summed E-state index contributed by atoms with van der Waals surface area (Å²) in [6.45, 7) is 8.51. The van der Waals surface area contributed by atoms with Crippen LogP contribution in [0.2, 0.25) is 0 Å². The van der Waals surface area contributed by atoms with Crippen molar-refractivity contribution < 1.29 is 38.1 Å². The van der Waals surface area contributed by atoms with Gasteiger partial charge in [-0.05, 0) is 42.2 Å². The van der Waals surface area contributed by atoms with Crippen molar-refractivity contribution in [3.8, 4) is 5.75 Å². The predicted octanol–water partition coefficient (Wildman–Crippen LogP) is 4.46. The van der Waals surface area contributed by atoms with Gasteiger partial charge in [0.2, 0.25) is 11.8 Å². The highest BCUT2D eigenvalue weighted by atomic mass is 31.2. The number of phosphoric acid groups is 1. The van der Waals surface area contributed by atoms with Gasteiger partial charge in [0.15, 0.2) is 5.78 Å². The van der Waals surface area contributed by atoms with Crippen LogP contribution < -0.4 is 9.84 Å². The summed E-state index contributed by atoms with van der Waals surface area (Å²) in [4.78, 5) is 77.1. The number of hydrogen-bond acceptors (Lipinski definition) is 7. The lowest BCUT2D eigenvalue weighted by molar-refractivity contribution is -0.189. The fraction of sp³-hybridized carbons (Fsp3) is 0.316. The molecular formula is C38H43N6O8P. The minimum atomic E-state index is -4.79. The van der Waals surface area contributed by atoms with Crippen LogP contribution in [0.5, 0.6) is 5.75 Å². The van der Waals surface area contributed by atoms with Crippen molar-refractivity contribution in [2.75, 3.05) is 19.6 Å². The molecule has 3 heterocycles. The number of nitrogens with zero attached hydrogens (tertiary/aromatic N) is 5. The highest BCUT2D eigenvalue weighted by Crippen LogP contribution is 2.38. The van der Waals surface area contributed by atoms with Gasteiger partial charge in [0.05, 0.1) is 18.6 Å². The van der Waals surface area contributed by atoms with Crippen molar-refractivity contribution in [2.24, 2.45) is 0 Å². The molecule has 2 aliphatic heterocycles. The molecule has 15 heteroatoms. The number of nitrogens with one attached hydrogen (secondary N) is 1. The van der Waals surface area contributed by atoms with Gasteiger partial charge in [0.25, 0.3) is 0 Å². The second-order valence-corrected chi connectivity index (χ2v) is 14.3. The van der Waals surface area contributed by atoms with Gasteiger partial charge in [-0.1, -0.05) is 73.7 Å². The van der Waals surface area contributed by atoms with Crippen LogP contribution in [0.1, 0.15) is 47.3 Å². The van der Waals surface area contributed by atoms with Crippen LogP contribution in [-0.2, 0) is 40.2 Å². The van der Waals surface area contributed by atoms with E-state index in [2.05, 4.69) is 11.9 Å². The zero-order valence-electron chi connectivity index (χ0n) is 29.6. The molecule has 3 aromatic carbocycles. The Morgan fingerprint density at radius 1 is 1.02 bits per heavy atom. The number of para-hydroxylation sites is 1. The van der Waals surface area contributed by atoms with E-state index in [0.29, 0.717) is 17.7 Å². The molecule has 2 aliphatic rings. The third kappa shape index (κ3) is 8.21. The lowest BCUT2D eigenvalue weighted by Gasteiger charge is -2.55. The molecule has 2 saturated heterocycles. The van der Waals surface area contributed by atoms with Crippen LogP contribution in [0.25, 0.3) is 10.9 Å². The van der Waals surface area contributed by atoms with E-state index in [0.717, 1.165) is 28.5 Å². The van der Waals surface area contributed by atoms with Gasteiger partial charge in [0.1, 0.15) is 18.0 Å². The molecule has 278 valence electrons. The van der Waals surface area contributed by atoms with E-state index < -0.39 is 26.1 Å². The number of piperazine rings is 1. The quantitative estimate of drug-likeness (QED) is 0.102. The largest absolute Gasteiger partial charge is 0.524 e. The van der Waals surface area contributed by atoms with E-state index >= 15 is 0 Å². The van der Waals surface area contributed by atoms with Crippen LogP contribution in [0.15, 0.2) is 91.6 Å². The fourth-order valence-corrected chi connectivity index (χ4v) is 7.61. The summed E-state index contributed by atoms with van der Waals surface area (Å²) >= 11 is 0. The first-order chi connectivity index (χ1) is 25.4. The number of Topliss-reactive ketones (excluding diaryl/α,β-unsaturated/α-hetero) is 1. The Bertz CT molecular complexity index is 2060. The van der Waals surface area contributed by atoms with Crippen LogP contribution >= 0.6 is 7.82 Å². The SMILES string of the molecule is C=CCN1CC(=O)N2[C@@H](Cc3ccc(OP(=O)(O)O)cc3)C(=O)N(Cc3cccc4c(C(C)=O)cn(CCC)c34)C[C@@H]2N1C(=O)NCc1ccccc1. The van der Waals surface area contributed by atoms with E-state index in [1.54, 1.807) is 28.1 Å². The zero-order valence-corrected chi connectivity index (χ0v) is 30.5. The molecular weight excluding hydrogens is 699 g/mol. The molecule has 53 heavy (non-hydrogen) atoms. The van der Waals surface area contributed by atoms with Crippen molar-refractivity contribution in [3.05, 3.63) is 114 Å². The van der Waals surface area contributed by atoms with Gasteiger partial charge < -0.3 is 24.2 Å². The summed E-state index contributed by atoms with van der Waals surface area (Å²) in [5, 5.41) is 6.90. The summed E-state index contributed by atoms with van der Waals surface area (Å²) < 4.78 is 18.1. The Morgan fingerprint density at radius 2 is 1.75 bits per heavy atom. The Morgan fingerprint density at radius 3 is 2.42 bits per heavy atom. The number of phosphoric ester groups is 1. The minimum absolute atomic E-state index is 0.00692. The molecule has 2 fully saturated rings. The number of ketones is 1. The van der Waals surface area contributed by atoms with Gasteiger partial charge in [-0.2, -0.15) is 0 Å². The summed E-state index contributed by atoms with van der Waals surface area (Å²) in [6, 6.07) is 19.6. The predicted molar refractivity (Wildman–Crippen MR) is 197 cm³/mol. The van der Waals surface area contributed by atoms with Gasteiger partial charge in [0, 0.05) is 49.7 Å². The van der Waals surface area contributed by atoms with Crippen molar-refractivity contribution in [3.63, 3.8) is 0 Å². The van der Waals surface area contributed by atoms with Crippen molar-refractivity contribution >= 4 is 42.4 Å². The number of fused-ring (bicyclic) bond motifs is 2. The lowest BCUT2D eigenvalue weighted by Crippen LogP contribution is -2.76. The van der Waals surface area contributed by atoms with Gasteiger partial charge in [-0.25, -0.2) is 19.4 Å². The lowest BCUT2D eigenvalue weighted by atomic mass is 9.98. The first-order valence-electron chi connectivity index (χ1n) is 17.4. The number of urea groups is 1. The number of rotatable bonds is 13. The zero-order chi connectivity index (χ0) is 37.9. The number of carbonyl (C=O) groups excluding carboxylic acids is 4. The summed E-state index contributed by atoms with van der Waals surface area (Å²) in [5.41, 5.74) is 3.74. The maximum Gasteiger partial charge on any atom is 0.524 e. The van der Waals surface area contributed by atoms with Crippen LogP contribution in [0.4, 0.5) is 4.79 Å². The Hall–Kier alpha value is -5.27. The summed E-state index contributed by atoms with van der Waals surface area (Å²) in [6.07, 6.45) is 3.46. The molecule has 0 saturated carbocycles. The molecule has 2 atom stereocenters. The molecule has 0 radical (unpaired) electrons. The maximum atomic E-state index is 14.6. The first kappa shape index (κ1) is 37.5. The molecule has 1 aromatic heterocycles. The van der Waals surface area contributed by atoms with Crippen molar-refractivity contribution in [1.82, 2.24) is 29.7 Å². The van der Waals surface area contributed by atoms with E-state index in [1.165, 1.54) is 29.0 Å². The van der Waals surface area contributed by atoms with E-state index in [-0.39, 0.29) is 62.5 Å². The Kier molecular flexibility index (Phi) is 11.2. The van der Waals surface area contributed by atoms with Crippen molar-refractivity contribution in [1.29, 1.82) is 0 Å². The number of hydrogen-bond donors (Lipinski definition) is 3. The third-order valence-electron chi connectivity index (χ3n) is 9.43. The van der Waals surface area contributed by atoms with E-state index in [4.69, 9.17) is 4.52 Å². The topological polar surface area (TPSA) is 165 Å². The summed E-state index contributed by atoms with van der Waals surface area (Å²) in [5.74, 6) is -0.790. The van der Waals surface area contributed by atoms with Crippen molar-refractivity contribution in [2.45, 2.75) is 58.5 Å².